The number of aryl methyl sites for hydroxylation is 1. The Balaban J connectivity index is 2.17. The zero-order valence-electron chi connectivity index (χ0n) is 11.1. The molecular formula is C16H16BrNO. The maximum atomic E-state index is 12.4. The van der Waals surface area contributed by atoms with Gasteiger partial charge in [-0.1, -0.05) is 52.3 Å². The van der Waals surface area contributed by atoms with Crippen LogP contribution in [0.15, 0.2) is 53.0 Å². The first-order chi connectivity index (χ1) is 9.08. The van der Waals surface area contributed by atoms with Crippen LogP contribution in [0.1, 0.15) is 21.5 Å². The van der Waals surface area contributed by atoms with Gasteiger partial charge in [0.15, 0.2) is 0 Å². The molecule has 3 heteroatoms. The van der Waals surface area contributed by atoms with Gasteiger partial charge in [-0.05, 0) is 30.2 Å². The summed E-state index contributed by atoms with van der Waals surface area (Å²) in [6.07, 6.45) is 0. The molecule has 0 aliphatic carbocycles. The summed E-state index contributed by atoms with van der Waals surface area (Å²) in [7, 11) is 1.83. The van der Waals surface area contributed by atoms with Gasteiger partial charge in [0.05, 0.1) is 0 Å². The van der Waals surface area contributed by atoms with Crippen LogP contribution in [0, 0.1) is 6.92 Å². The Hall–Kier alpha value is -1.61. The van der Waals surface area contributed by atoms with Crippen molar-refractivity contribution in [1.82, 2.24) is 4.90 Å². The molecule has 0 aromatic heterocycles. The first-order valence-electron chi connectivity index (χ1n) is 6.13. The van der Waals surface area contributed by atoms with E-state index in [1.807, 2.05) is 62.5 Å². The summed E-state index contributed by atoms with van der Waals surface area (Å²) in [5.74, 6) is 0.0441. The fourth-order valence-electron chi connectivity index (χ4n) is 1.96. The Bertz CT molecular complexity index is 581. The molecule has 0 bridgehead atoms. The molecule has 0 aliphatic rings. The second kappa shape index (κ2) is 6.02. The van der Waals surface area contributed by atoms with Gasteiger partial charge in [-0.3, -0.25) is 4.79 Å². The fourth-order valence-corrected chi connectivity index (χ4v) is 2.32. The summed E-state index contributed by atoms with van der Waals surface area (Å²) >= 11 is 3.41. The molecule has 0 radical (unpaired) electrons. The van der Waals surface area contributed by atoms with Crippen molar-refractivity contribution < 1.29 is 4.79 Å². The van der Waals surface area contributed by atoms with Crippen LogP contribution in [0.25, 0.3) is 0 Å². The van der Waals surface area contributed by atoms with Gasteiger partial charge in [0, 0.05) is 23.6 Å². The van der Waals surface area contributed by atoms with E-state index in [1.165, 1.54) is 0 Å². The van der Waals surface area contributed by atoms with Crippen LogP contribution in [0.4, 0.5) is 0 Å². The monoisotopic (exact) mass is 317 g/mol. The van der Waals surface area contributed by atoms with E-state index in [0.29, 0.717) is 6.54 Å². The molecule has 2 rings (SSSR count). The summed E-state index contributed by atoms with van der Waals surface area (Å²) in [4.78, 5) is 14.2. The van der Waals surface area contributed by atoms with E-state index in [0.717, 1.165) is 21.2 Å². The Kier molecular flexibility index (Phi) is 4.38. The number of carbonyl (C=O) groups is 1. The van der Waals surface area contributed by atoms with Crippen molar-refractivity contribution >= 4 is 21.8 Å². The van der Waals surface area contributed by atoms with Crippen molar-refractivity contribution in [2.75, 3.05) is 7.05 Å². The molecule has 0 saturated heterocycles. The Morgan fingerprint density at radius 1 is 1.16 bits per heavy atom. The molecule has 19 heavy (non-hydrogen) atoms. The minimum absolute atomic E-state index is 0.0441. The van der Waals surface area contributed by atoms with Gasteiger partial charge >= 0.3 is 0 Å². The molecule has 2 aromatic carbocycles. The molecule has 0 atom stereocenters. The largest absolute Gasteiger partial charge is 0.337 e. The minimum atomic E-state index is 0.0441. The predicted molar refractivity (Wildman–Crippen MR) is 81.1 cm³/mol. The standard InChI is InChI=1S/C16H16BrNO/c1-12-8-9-14(17)10-15(12)16(19)18(2)11-13-6-4-3-5-7-13/h3-10H,11H2,1-2H3. The smallest absolute Gasteiger partial charge is 0.254 e. The lowest BCUT2D eigenvalue weighted by molar-refractivity contribution is 0.0784. The van der Waals surface area contributed by atoms with Gasteiger partial charge in [0.2, 0.25) is 0 Å². The Labute approximate surface area is 122 Å². The molecular weight excluding hydrogens is 302 g/mol. The van der Waals surface area contributed by atoms with Crippen molar-refractivity contribution in [2.45, 2.75) is 13.5 Å². The Morgan fingerprint density at radius 3 is 2.53 bits per heavy atom. The summed E-state index contributed by atoms with van der Waals surface area (Å²) < 4.78 is 0.926. The van der Waals surface area contributed by atoms with E-state index >= 15 is 0 Å². The molecule has 0 saturated carbocycles. The summed E-state index contributed by atoms with van der Waals surface area (Å²) in [5, 5.41) is 0. The van der Waals surface area contributed by atoms with Crippen LogP contribution in [-0.2, 0) is 6.54 Å². The van der Waals surface area contributed by atoms with Crippen LogP contribution >= 0.6 is 15.9 Å². The molecule has 0 fully saturated rings. The average Bonchev–Trinajstić information content (AvgIpc) is 2.42. The average molecular weight is 318 g/mol. The predicted octanol–water partition coefficient (Wildman–Crippen LogP) is 4.03. The molecule has 0 spiro atoms. The summed E-state index contributed by atoms with van der Waals surface area (Å²) in [6, 6.07) is 15.8. The zero-order valence-corrected chi connectivity index (χ0v) is 12.6. The molecule has 2 nitrogen and oxygen atoms in total. The van der Waals surface area contributed by atoms with Gasteiger partial charge in [0.1, 0.15) is 0 Å². The lowest BCUT2D eigenvalue weighted by Gasteiger charge is -2.18. The highest BCUT2D eigenvalue weighted by Crippen LogP contribution is 2.18. The van der Waals surface area contributed by atoms with Crippen molar-refractivity contribution in [3.05, 3.63) is 69.7 Å². The highest BCUT2D eigenvalue weighted by molar-refractivity contribution is 9.10. The van der Waals surface area contributed by atoms with E-state index < -0.39 is 0 Å². The topological polar surface area (TPSA) is 20.3 Å². The minimum Gasteiger partial charge on any atom is -0.337 e. The van der Waals surface area contributed by atoms with Crippen LogP contribution in [-0.4, -0.2) is 17.9 Å². The highest BCUT2D eigenvalue weighted by atomic mass is 79.9. The van der Waals surface area contributed by atoms with Gasteiger partial charge in [-0.25, -0.2) is 0 Å². The van der Waals surface area contributed by atoms with Gasteiger partial charge in [0.25, 0.3) is 5.91 Å². The van der Waals surface area contributed by atoms with Crippen molar-refractivity contribution in [2.24, 2.45) is 0 Å². The normalized spacial score (nSPS) is 10.3. The second-order valence-electron chi connectivity index (χ2n) is 4.61. The van der Waals surface area contributed by atoms with Crippen molar-refractivity contribution in [1.29, 1.82) is 0 Å². The lowest BCUT2D eigenvalue weighted by atomic mass is 10.1. The van der Waals surface area contributed by atoms with Crippen molar-refractivity contribution in [3.63, 3.8) is 0 Å². The lowest BCUT2D eigenvalue weighted by Crippen LogP contribution is -2.26. The maximum Gasteiger partial charge on any atom is 0.254 e. The van der Waals surface area contributed by atoms with Crippen LogP contribution in [0.3, 0.4) is 0 Å². The highest BCUT2D eigenvalue weighted by Gasteiger charge is 2.14. The van der Waals surface area contributed by atoms with Gasteiger partial charge in [-0.2, -0.15) is 0 Å². The van der Waals surface area contributed by atoms with Crippen molar-refractivity contribution in [3.8, 4) is 0 Å². The number of benzene rings is 2. The number of rotatable bonds is 3. The first-order valence-corrected chi connectivity index (χ1v) is 6.93. The van der Waals surface area contributed by atoms with E-state index in [1.54, 1.807) is 4.90 Å². The summed E-state index contributed by atoms with van der Waals surface area (Å²) in [6.45, 7) is 2.57. The van der Waals surface area contributed by atoms with Crippen LogP contribution in [0.5, 0.6) is 0 Å². The molecule has 98 valence electrons. The third kappa shape index (κ3) is 3.44. The number of nitrogens with zero attached hydrogens (tertiary/aromatic N) is 1. The molecule has 0 aliphatic heterocycles. The van der Waals surface area contributed by atoms with Crippen LogP contribution < -0.4 is 0 Å². The SMILES string of the molecule is Cc1ccc(Br)cc1C(=O)N(C)Cc1ccccc1. The number of carbonyl (C=O) groups excluding carboxylic acids is 1. The molecule has 0 unspecified atom stereocenters. The van der Waals surface area contributed by atoms with E-state index in [-0.39, 0.29) is 5.91 Å². The second-order valence-corrected chi connectivity index (χ2v) is 5.52. The number of amides is 1. The van der Waals surface area contributed by atoms with E-state index in [9.17, 15) is 4.79 Å². The fraction of sp³-hybridized carbons (Fsp3) is 0.188. The van der Waals surface area contributed by atoms with Crippen LogP contribution in [0.2, 0.25) is 0 Å². The first kappa shape index (κ1) is 13.8. The molecule has 1 amide bonds. The van der Waals surface area contributed by atoms with E-state index in [2.05, 4.69) is 15.9 Å². The maximum absolute atomic E-state index is 12.4. The molecule has 2 aromatic rings. The number of hydrogen-bond donors (Lipinski definition) is 0. The third-order valence-electron chi connectivity index (χ3n) is 3.04. The quantitative estimate of drug-likeness (QED) is 0.837. The zero-order chi connectivity index (χ0) is 13.8. The number of halogens is 1. The van der Waals surface area contributed by atoms with E-state index in [4.69, 9.17) is 0 Å². The number of hydrogen-bond acceptors (Lipinski definition) is 1. The van der Waals surface area contributed by atoms with Gasteiger partial charge < -0.3 is 4.90 Å². The summed E-state index contributed by atoms with van der Waals surface area (Å²) in [5.41, 5.74) is 2.87. The third-order valence-corrected chi connectivity index (χ3v) is 3.53. The Morgan fingerprint density at radius 2 is 1.84 bits per heavy atom. The molecule has 0 N–H and O–H groups in total. The molecule has 0 heterocycles. The van der Waals surface area contributed by atoms with Gasteiger partial charge in [-0.15, -0.1) is 0 Å².